The molecule has 0 saturated carbocycles. The van der Waals surface area contributed by atoms with E-state index in [1.54, 1.807) is 60.7 Å². The maximum atomic E-state index is 12.4. The topological polar surface area (TPSA) is 103 Å². The molecular formula is C26H19ClN2O6. The number of methoxy groups -OCH3 is 1. The Morgan fingerprint density at radius 1 is 1.06 bits per heavy atom. The molecular weight excluding hydrogens is 472 g/mol. The van der Waals surface area contributed by atoms with Gasteiger partial charge in [0.05, 0.1) is 17.7 Å². The van der Waals surface area contributed by atoms with Gasteiger partial charge in [0.15, 0.2) is 17.2 Å². The third-order valence-electron chi connectivity index (χ3n) is 4.83. The van der Waals surface area contributed by atoms with E-state index in [-0.39, 0.29) is 34.0 Å². The number of ether oxygens (including phenoxy) is 3. The van der Waals surface area contributed by atoms with E-state index in [0.717, 1.165) is 0 Å². The summed E-state index contributed by atoms with van der Waals surface area (Å²) in [7, 11) is 1.41. The number of esters is 2. The summed E-state index contributed by atoms with van der Waals surface area (Å²) in [6.07, 6.45) is 1.48. The largest absolute Gasteiger partial charge is 0.493 e. The minimum absolute atomic E-state index is 0.0538. The average molecular weight is 491 g/mol. The molecule has 0 radical (unpaired) electrons. The van der Waals surface area contributed by atoms with Gasteiger partial charge in [0.25, 0.3) is 0 Å². The van der Waals surface area contributed by atoms with Crippen LogP contribution in [-0.4, -0.2) is 30.9 Å². The normalized spacial score (nSPS) is 13.7. The molecule has 0 bridgehead atoms. The van der Waals surface area contributed by atoms with Gasteiger partial charge in [-0.2, -0.15) is 0 Å². The molecule has 0 atom stereocenters. The van der Waals surface area contributed by atoms with Crippen LogP contribution in [0.25, 0.3) is 6.08 Å². The number of aliphatic imine (C=N–C) groups is 1. The lowest BCUT2D eigenvalue weighted by molar-refractivity contribution is -0.129. The molecule has 3 aromatic carbocycles. The number of nitrogens with one attached hydrogen (secondary N) is 1. The van der Waals surface area contributed by atoms with Crippen molar-refractivity contribution in [1.29, 1.82) is 0 Å². The Hall–Kier alpha value is -4.43. The Labute approximate surface area is 205 Å². The van der Waals surface area contributed by atoms with Crippen molar-refractivity contribution in [2.24, 2.45) is 4.99 Å². The fraction of sp³-hybridized carbons (Fsp3) is 0.0769. The van der Waals surface area contributed by atoms with Gasteiger partial charge in [-0.05, 0) is 60.2 Å². The van der Waals surface area contributed by atoms with E-state index >= 15 is 0 Å². The zero-order chi connectivity index (χ0) is 24.9. The molecule has 0 fully saturated rings. The molecule has 1 heterocycles. The first-order chi connectivity index (χ1) is 16.8. The molecule has 35 heavy (non-hydrogen) atoms. The molecule has 8 nitrogen and oxygen atoms in total. The van der Waals surface area contributed by atoms with Crippen LogP contribution in [0.2, 0.25) is 5.02 Å². The van der Waals surface area contributed by atoms with Crippen LogP contribution < -0.4 is 14.8 Å². The minimum atomic E-state index is -0.638. The van der Waals surface area contributed by atoms with E-state index in [0.29, 0.717) is 22.4 Å². The number of benzene rings is 3. The summed E-state index contributed by atoms with van der Waals surface area (Å²) < 4.78 is 16.1. The predicted octanol–water partition coefficient (Wildman–Crippen LogP) is 4.87. The second kappa shape index (κ2) is 10.2. The van der Waals surface area contributed by atoms with Crippen LogP contribution in [0.5, 0.6) is 11.5 Å². The van der Waals surface area contributed by atoms with Crippen LogP contribution in [0, 0.1) is 0 Å². The number of carbonyl (C=O) groups excluding carboxylic acids is 3. The van der Waals surface area contributed by atoms with Crippen molar-refractivity contribution in [3.05, 3.63) is 94.1 Å². The Morgan fingerprint density at radius 2 is 1.77 bits per heavy atom. The molecule has 0 spiro atoms. The van der Waals surface area contributed by atoms with Gasteiger partial charge in [-0.1, -0.05) is 29.8 Å². The summed E-state index contributed by atoms with van der Waals surface area (Å²) in [4.78, 5) is 40.3. The van der Waals surface area contributed by atoms with Gasteiger partial charge in [0.2, 0.25) is 11.8 Å². The Balaban J connectivity index is 1.58. The lowest BCUT2D eigenvalue weighted by atomic mass is 10.1. The summed E-state index contributed by atoms with van der Waals surface area (Å²) in [6, 6.07) is 18.3. The quantitative estimate of drug-likeness (QED) is 0.300. The van der Waals surface area contributed by atoms with Gasteiger partial charge in [0.1, 0.15) is 0 Å². The lowest BCUT2D eigenvalue weighted by Gasteiger charge is -2.12. The third-order valence-corrected chi connectivity index (χ3v) is 5.11. The van der Waals surface area contributed by atoms with Crippen molar-refractivity contribution in [2.75, 3.05) is 12.4 Å². The number of nitrogens with zero attached hydrogens (tertiary/aromatic N) is 1. The number of hydrogen-bond donors (Lipinski definition) is 1. The van der Waals surface area contributed by atoms with Gasteiger partial charge in [-0.3, -0.25) is 4.79 Å². The maximum Gasteiger partial charge on any atom is 0.363 e. The highest BCUT2D eigenvalue weighted by Crippen LogP contribution is 2.38. The Kier molecular flexibility index (Phi) is 6.93. The number of halogens is 1. The van der Waals surface area contributed by atoms with Crippen LogP contribution in [-0.2, 0) is 14.3 Å². The standard InChI is InChI=1S/C26H19ClN2O6/c1-15(30)28-19-10-8-17(9-11-19)24-29-21(26(32)35-24)13-16-12-20(27)23(22(14-16)33-2)34-25(31)18-6-4-3-5-7-18/h3-14H,1-2H3,(H,28,30)/b21-13-. The van der Waals surface area contributed by atoms with Gasteiger partial charge in [0, 0.05) is 18.2 Å². The van der Waals surface area contributed by atoms with Crippen LogP contribution in [0.4, 0.5) is 5.69 Å². The Bertz CT molecular complexity index is 1360. The molecule has 0 aromatic heterocycles. The molecule has 0 aliphatic carbocycles. The molecule has 176 valence electrons. The summed E-state index contributed by atoms with van der Waals surface area (Å²) >= 11 is 6.37. The first kappa shape index (κ1) is 23.7. The maximum absolute atomic E-state index is 12.4. The molecule has 1 amide bonds. The third kappa shape index (κ3) is 5.56. The number of rotatable bonds is 6. The van der Waals surface area contributed by atoms with E-state index in [4.69, 9.17) is 25.8 Å². The van der Waals surface area contributed by atoms with Crippen molar-refractivity contribution in [2.45, 2.75) is 6.92 Å². The number of hydrogen-bond acceptors (Lipinski definition) is 7. The van der Waals surface area contributed by atoms with Crippen LogP contribution in [0.1, 0.15) is 28.4 Å². The van der Waals surface area contributed by atoms with Gasteiger partial charge < -0.3 is 19.5 Å². The fourth-order valence-corrected chi connectivity index (χ4v) is 3.50. The van der Waals surface area contributed by atoms with E-state index in [1.807, 2.05) is 0 Å². The van der Waals surface area contributed by atoms with Crippen molar-refractivity contribution in [1.82, 2.24) is 0 Å². The van der Waals surface area contributed by atoms with Crippen LogP contribution in [0.3, 0.4) is 0 Å². The molecule has 3 aromatic rings. The molecule has 1 aliphatic rings. The first-order valence-electron chi connectivity index (χ1n) is 10.4. The van der Waals surface area contributed by atoms with Crippen LogP contribution >= 0.6 is 11.6 Å². The number of amides is 1. The van der Waals surface area contributed by atoms with E-state index in [9.17, 15) is 14.4 Å². The fourth-order valence-electron chi connectivity index (χ4n) is 3.24. The Morgan fingerprint density at radius 3 is 2.43 bits per heavy atom. The van der Waals surface area contributed by atoms with Crippen LogP contribution in [0.15, 0.2) is 77.4 Å². The van der Waals surface area contributed by atoms with Crippen molar-refractivity contribution in [3.8, 4) is 11.5 Å². The average Bonchev–Trinajstić information content (AvgIpc) is 3.21. The SMILES string of the molecule is COc1cc(/C=C2\N=C(c3ccc(NC(C)=O)cc3)OC2=O)cc(Cl)c1OC(=O)c1ccccc1. The van der Waals surface area contributed by atoms with Crippen molar-refractivity contribution < 1.29 is 28.6 Å². The van der Waals surface area contributed by atoms with Gasteiger partial charge in [-0.25, -0.2) is 14.6 Å². The monoisotopic (exact) mass is 490 g/mol. The summed E-state index contributed by atoms with van der Waals surface area (Å²) in [5.41, 5.74) is 2.08. The second-order valence-electron chi connectivity index (χ2n) is 7.38. The molecule has 4 rings (SSSR count). The number of anilines is 1. The molecule has 9 heteroatoms. The second-order valence-corrected chi connectivity index (χ2v) is 7.79. The molecule has 1 N–H and O–H groups in total. The molecule has 0 unspecified atom stereocenters. The number of carbonyl (C=O) groups is 3. The van der Waals surface area contributed by atoms with Gasteiger partial charge >= 0.3 is 11.9 Å². The first-order valence-corrected chi connectivity index (χ1v) is 10.8. The van der Waals surface area contributed by atoms with E-state index in [2.05, 4.69) is 10.3 Å². The van der Waals surface area contributed by atoms with Crippen molar-refractivity contribution >= 4 is 47.1 Å². The summed E-state index contributed by atoms with van der Waals surface area (Å²) in [5.74, 6) is -1.03. The minimum Gasteiger partial charge on any atom is -0.493 e. The smallest absolute Gasteiger partial charge is 0.363 e. The highest BCUT2D eigenvalue weighted by atomic mass is 35.5. The molecule has 1 aliphatic heterocycles. The highest BCUT2D eigenvalue weighted by molar-refractivity contribution is 6.32. The lowest BCUT2D eigenvalue weighted by Crippen LogP contribution is -2.09. The highest BCUT2D eigenvalue weighted by Gasteiger charge is 2.25. The number of cyclic esters (lactones) is 1. The zero-order valence-corrected chi connectivity index (χ0v) is 19.5. The predicted molar refractivity (Wildman–Crippen MR) is 131 cm³/mol. The van der Waals surface area contributed by atoms with E-state index in [1.165, 1.54) is 26.2 Å². The summed E-state index contributed by atoms with van der Waals surface area (Å²) in [5, 5.41) is 2.78. The van der Waals surface area contributed by atoms with E-state index < -0.39 is 11.9 Å². The summed E-state index contributed by atoms with van der Waals surface area (Å²) in [6.45, 7) is 1.41. The van der Waals surface area contributed by atoms with Crippen molar-refractivity contribution in [3.63, 3.8) is 0 Å². The zero-order valence-electron chi connectivity index (χ0n) is 18.7. The molecule has 0 saturated heterocycles. The van der Waals surface area contributed by atoms with Gasteiger partial charge in [-0.15, -0.1) is 0 Å².